The number of carbonyl (C=O) groups is 1. The van der Waals surface area contributed by atoms with Crippen molar-refractivity contribution in [3.05, 3.63) is 77.5 Å². The maximum Gasteiger partial charge on any atom is 0.430 e. The molecule has 1 aliphatic heterocycles. The lowest BCUT2D eigenvalue weighted by molar-refractivity contribution is -0.0925. The van der Waals surface area contributed by atoms with Crippen LogP contribution in [0.2, 0.25) is 0 Å². The molecule has 5 nitrogen and oxygen atoms in total. The van der Waals surface area contributed by atoms with E-state index in [0.717, 1.165) is 25.7 Å². The summed E-state index contributed by atoms with van der Waals surface area (Å²) >= 11 is 0. The van der Waals surface area contributed by atoms with Gasteiger partial charge in [-0.3, -0.25) is 4.79 Å². The van der Waals surface area contributed by atoms with Gasteiger partial charge in [0.05, 0.1) is 11.4 Å². The number of hydrogen-bond donors (Lipinski definition) is 2. The molecule has 3 rings (SSSR count). The minimum Gasteiger partial charge on any atom is -0.395 e. The van der Waals surface area contributed by atoms with E-state index in [9.17, 15) is 18.0 Å². The molecule has 1 saturated heterocycles. The third kappa shape index (κ3) is 6.95. The van der Waals surface area contributed by atoms with Crippen LogP contribution in [0.5, 0.6) is 0 Å². The summed E-state index contributed by atoms with van der Waals surface area (Å²) < 4.78 is 38.9. The van der Waals surface area contributed by atoms with Crippen LogP contribution < -0.4 is 11.1 Å². The minimum atomic E-state index is -4.66. The number of allylic oxidation sites excluding steroid dienone is 2. The van der Waals surface area contributed by atoms with E-state index < -0.39 is 11.9 Å². The number of benzene rings is 2. The van der Waals surface area contributed by atoms with Crippen LogP contribution in [0.15, 0.2) is 71.4 Å². The van der Waals surface area contributed by atoms with Crippen molar-refractivity contribution in [3.63, 3.8) is 0 Å². The second-order valence-corrected chi connectivity index (χ2v) is 7.67. The zero-order valence-corrected chi connectivity index (χ0v) is 17.7. The van der Waals surface area contributed by atoms with Crippen molar-refractivity contribution >= 4 is 17.3 Å². The number of hydrogen-bond acceptors (Lipinski definition) is 4. The molecule has 32 heavy (non-hydrogen) atoms. The van der Waals surface area contributed by atoms with Crippen LogP contribution in [0, 0.1) is 0 Å². The number of amides is 1. The highest BCUT2D eigenvalue weighted by atomic mass is 19.4. The van der Waals surface area contributed by atoms with Gasteiger partial charge in [0, 0.05) is 24.2 Å². The zero-order valence-electron chi connectivity index (χ0n) is 17.7. The number of piperidine rings is 1. The van der Waals surface area contributed by atoms with E-state index in [4.69, 9.17) is 5.73 Å². The summed E-state index contributed by atoms with van der Waals surface area (Å²) in [5.74, 6) is -0.222. The first-order valence-corrected chi connectivity index (χ1v) is 10.6. The molecule has 8 heteroatoms. The molecular weight excluding hydrogens is 417 g/mol. The van der Waals surface area contributed by atoms with Crippen molar-refractivity contribution in [3.8, 4) is 0 Å². The third-order valence-corrected chi connectivity index (χ3v) is 5.23. The first kappa shape index (κ1) is 23.5. The predicted octanol–water partition coefficient (Wildman–Crippen LogP) is 4.43. The average molecular weight is 445 g/mol. The molecule has 0 spiro atoms. The molecule has 170 valence electrons. The molecule has 0 aliphatic carbocycles. The third-order valence-electron chi connectivity index (χ3n) is 5.23. The molecule has 2 aromatic rings. The van der Waals surface area contributed by atoms with Crippen molar-refractivity contribution < 1.29 is 18.0 Å². The molecule has 0 saturated carbocycles. The van der Waals surface area contributed by atoms with Gasteiger partial charge in [0.2, 0.25) is 0 Å². The normalized spacial score (nSPS) is 16.1. The van der Waals surface area contributed by atoms with Crippen LogP contribution in [-0.2, 0) is 0 Å². The molecule has 0 unspecified atom stereocenters. The fraction of sp³-hybridized carbons (Fsp3) is 0.333. The van der Waals surface area contributed by atoms with E-state index in [1.807, 2.05) is 0 Å². The van der Waals surface area contributed by atoms with Gasteiger partial charge in [0.1, 0.15) is 5.70 Å². The molecule has 1 heterocycles. The van der Waals surface area contributed by atoms with Crippen LogP contribution in [0.25, 0.3) is 0 Å². The lowest BCUT2D eigenvalue weighted by Crippen LogP contribution is -2.37. The Hall–Kier alpha value is -3.13. The van der Waals surface area contributed by atoms with Gasteiger partial charge in [-0.25, -0.2) is 4.99 Å². The first-order chi connectivity index (χ1) is 15.3. The summed E-state index contributed by atoms with van der Waals surface area (Å²) in [5, 5.41) is 2.90. The number of halogens is 3. The summed E-state index contributed by atoms with van der Waals surface area (Å²) in [5.41, 5.74) is 5.38. The number of alkyl halides is 3. The molecule has 0 atom stereocenters. The number of para-hydroxylation sites is 1. The summed E-state index contributed by atoms with van der Waals surface area (Å²) in [6, 6.07) is 14.9. The SMILES string of the molecule is NC(=CC(=Nc1ccccc1)c1ccc(C(=O)NCCN2CCCCC2)cc1)C(F)(F)F. The van der Waals surface area contributed by atoms with Crippen LogP contribution in [0.4, 0.5) is 18.9 Å². The number of nitrogens with zero attached hydrogens (tertiary/aromatic N) is 2. The van der Waals surface area contributed by atoms with Crippen molar-refractivity contribution in [2.45, 2.75) is 25.4 Å². The summed E-state index contributed by atoms with van der Waals surface area (Å²) in [7, 11) is 0. The maximum atomic E-state index is 13.0. The van der Waals surface area contributed by atoms with Crippen LogP contribution >= 0.6 is 0 Å². The molecule has 0 radical (unpaired) electrons. The number of rotatable bonds is 7. The Bertz CT molecular complexity index is 947. The molecule has 0 bridgehead atoms. The van der Waals surface area contributed by atoms with Gasteiger partial charge in [-0.15, -0.1) is 0 Å². The summed E-state index contributed by atoms with van der Waals surface area (Å²) in [6.45, 7) is 3.47. The molecular formula is C24H27F3N4O. The van der Waals surface area contributed by atoms with Crippen molar-refractivity contribution in [2.24, 2.45) is 10.7 Å². The van der Waals surface area contributed by atoms with Gasteiger partial charge in [-0.2, -0.15) is 13.2 Å². The van der Waals surface area contributed by atoms with Gasteiger partial charge in [0.15, 0.2) is 0 Å². The van der Waals surface area contributed by atoms with E-state index >= 15 is 0 Å². The molecule has 1 amide bonds. The van der Waals surface area contributed by atoms with E-state index in [-0.39, 0.29) is 11.6 Å². The van der Waals surface area contributed by atoms with Crippen molar-refractivity contribution in [1.82, 2.24) is 10.2 Å². The Morgan fingerprint density at radius 1 is 1.00 bits per heavy atom. The van der Waals surface area contributed by atoms with Gasteiger partial charge in [-0.05, 0) is 56.3 Å². The van der Waals surface area contributed by atoms with Gasteiger partial charge >= 0.3 is 6.18 Å². The maximum absolute atomic E-state index is 13.0. The Morgan fingerprint density at radius 2 is 1.62 bits per heavy atom. The topological polar surface area (TPSA) is 70.7 Å². The van der Waals surface area contributed by atoms with Crippen molar-refractivity contribution in [2.75, 3.05) is 26.2 Å². The van der Waals surface area contributed by atoms with Gasteiger partial charge < -0.3 is 16.0 Å². The number of aliphatic imine (C=N–C) groups is 1. The average Bonchev–Trinajstić information content (AvgIpc) is 2.79. The Balaban J connectivity index is 1.72. The number of likely N-dealkylation sites (tertiary alicyclic amines) is 1. The van der Waals surface area contributed by atoms with Crippen LogP contribution in [-0.4, -0.2) is 48.9 Å². The minimum absolute atomic E-state index is 0.0584. The second kappa shape index (κ2) is 10.9. The van der Waals surface area contributed by atoms with Crippen LogP contribution in [0.1, 0.15) is 35.2 Å². The molecule has 3 N–H and O–H groups in total. The fourth-order valence-corrected chi connectivity index (χ4v) is 3.46. The quantitative estimate of drug-likeness (QED) is 0.621. The monoisotopic (exact) mass is 444 g/mol. The van der Waals surface area contributed by atoms with E-state index in [0.29, 0.717) is 23.4 Å². The second-order valence-electron chi connectivity index (χ2n) is 7.67. The number of carbonyl (C=O) groups excluding carboxylic acids is 1. The highest BCUT2D eigenvalue weighted by molar-refractivity contribution is 6.10. The highest BCUT2D eigenvalue weighted by Crippen LogP contribution is 2.23. The van der Waals surface area contributed by atoms with Crippen LogP contribution in [0.3, 0.4) is 0 Å². The molecule has 1 fully saturated rings. The lowest BCUT2D eigenvalue weighted by Gasteiger charge is -2.26. The number of nitrogens with one attached hydrogen (secondary N) is 1. The van der Waals surface area contributed by atoms with Gasteiger partial charge in [-0.1, -0.05) is 36.8 Å². The fourth-order valence-electron chi connectivity index (χ4n) is 3.46. The van der Waals surface area contributed by atoms with E-state index in [1.165, 1.54) is 19.3 Å². The largest absolute Gasteiger partial charge is 0.430 e. The first-order valence-electron chi connectivity index (χ1n) is 10.6. The lowest BCUT2D eigenvalue weighted by atomic mass is 10.1. The molecule has 2 aromatic carbocycles. The smallest absolute Gasteiger partial charge is 0.395 e. The Morgan fingerprint density at radius 3 is 2.25 bits per heavy atom. The summed E-state index contributed by atoms with van der Waals surface area (Å²) in [6.07, 6.45) is -0.216. The molecule has 0 aromatic heterocycles. The van der Waals surface area contributed by atoms with Gasteiger partial charge in [0.25, 0.3) is 5.91 Å². The standard InChI is InChI=1S/C24H27F3N4O/c25-24(26,27)22(28)17-21(30-20-7-3-1-4-8-20)18-9-11-19(12-10-18)23(32)29-13-16-31-14-5-2-6-15-31/h1,3-4,7-12,17H,2,5-6,13-16,28H2,(H,29,32). The zero-order chi connectivity index (χ0) is 23.0. The van der Waals surface area contributed by atoms with Crippen molar-refractivity contribution in [1.29, 1.82) is 0 Å². The predicted molar refractivity (Wildman–Crippen MR) is 120 cm³/mol. The van der Waals surface area contributed by atoms with E-state index in [2.05, 4.69) is 15.2 Å². The number of nitrogens with two attached hydrogens (primary N) is 1. The van der Waals surface area contributed by atoms with E-state index in [1.54, 1.807) is 54.6 Å². The Labute approximate surface area is 185 Å². The molecule has 1 aliphatic rings. The highest BCUT2D eigenvalue weighted by Gasteiger charge is 2.31. The Kier molecular flexibility index (Phi) is 8.05. The summed E-state index contributed by atoms with van der Waals surface area (Å²) in [4.78, 5) is 19.1.